The van der Waals surface area contributed by atoms with Crippen LogP contribution in [0.1, 0.15) is 36.9 Å². The maximum Gasteiger partial charge on any atom is 0.265 e. The fourth-order valence-electron chi connectivity index (χ4n) is 3.95. The smallest absolute Gasteiger partial charge is 0.265 e. The number of aryl methyl sites for hydroxylation is 1. The first-order chi connectivity index (χ1) is 15.8. The van der Waals surface area contributed by atoms with Gasteiger partial charge in [-0.2, -0.15) is 0 Å². The van der Waals surface area contributed by atoms with Gasteiger partial charge in [0.1, 0.15) is 5.82 Å². The molecule has 1 aromatic heterocycles. The summed E-state index contributed by atoms with van der Waals surface area (Å²) in [7, 11) is 1.42. The first-order valence-corrected chi connectivity index (χ1v) is 10.2. The van der Waals surface area contributed by atoms with Crippen molar-refractivity contribution in [2.75, 3.05) is 12.4 Å². The number of hydrogen-bond acceptors (Lipinski definition) is 5. The summed E-state index contributed by atoms with van der Waals surface area (Å²) in [4.78, 5) is 55.4. The molecule has 0 atom stereocenters. The van der Waals surface area contributed by atoms with E-state index in [9.17, 15) is 19.2 Å². The molecule has 4 aromatic rings. The first-order valence-electron chi connectivity index (χ1n) is 10.2. The number of imide groups is 1. The van der Waals surface area contributed by atoms with Gasteiger partial charge in [-0.1, -0.05) is 12.1 Å². The molecule has 0 fully saturated rings. The van der Waals surface area contributed by atoms with Gasteiger partial charge in [0, 0.05) is 18.3 Å². The lowest BCUT2D eigenvalue weighted by Crippen LogP contribution is -2.24. The van der Waals surface area contributed by atoms with Crippen molar-refractivity contribution in [3.63, 3.8) is 0 Å². The number of carbonyl (C=O) groups is 3. The number of fused-ring (bicyclic) bond motifs is 2. The topological polar surface area (TPSA) is 101 Å². The Morgan fingerprint density at radius 1 is 0.879 bits per heavy atom. The molecule has 0 bridgehead atoms. The van der Waals surface area contributed by atoms with Crippen molar-refractivity contribution in [1.29, 1.82) is 0 Å². The maximum atomic E-state index is 13.0. The van der Waals surface area contributed by atoms with E-state index in [1.54, 1.807) is 55.5 Å². The van der Waals surface area contributed by atoms with Crippen molar-refractivity contribution in [1.82, 2.24) is 14.5 Å². The van der Waals surface area contributed by atoms with Gasteiger partial charge in [0.25, 0.3) is 23.3 Å². The van der Waals surface area contributed by atoms with Gasteiger partial charge in [-0.15, -0.1) is 0 Å². The van der Waals surface area contributed by atoms with Crippen molar-refractivity contribution in [3.05, 3.63) is 99.6 Å². The van der Waals surface area contributed by atoms with Gasteiger partial charge in [0.05, 0.1) is 27.7 Å². The summed E-state index contributed by atoms with van der Waals surface area (Å²) >= 11 is 0. The second-order valence-corrected chi connectivity index (χ2v) is 7.75. The first kappa shape index (κ1) is 20.3. The lowest BCUT2D eigenvalue weighted by Gasteiger charge is -2.12. The van der Waals surface area contributed by atoms with Gasteiger partial charge in [0.15, 0.2) is 0 Å². The van der Waals surface area contributed by atoms with Crippen LogP contribution >= 0.6 is 0 Å². The zero-order valence-corrected chi connectivity index (χ0v) is 17.8. The molecule has 1 aliphatic heterocycles. The lowest BCUT2D eigenvalue weighted by molar-refractivity contribution is 0.0692. The van der Waals surface area contributed by atoms with Crippen molar-refractivity contribution < 1.29 is 14.4 Å². The zero-order valence-electron chi connectivity index (χ0n) is 17.8. The van der Waals surface area contributed by atoms with Crippen LogP contribution in [-0.2, 0) is 0 Å². The molecule has 8 nitrogen and oxygen atoms in total. The zero-order chi connectivity index (χ0) is 23.3. The third kappa shape index (κ3) is 3.28. The van der Waals surface area contributed by atoms with E-state index >= 15 is 0 Å². The van der Waals surface area contributed by atoms with E-state index < -0.39 is 5.91 Å². The number of nitrogens with one attached hydrogen (secondary N) is 1. The van der Waals surface area contributed by atoms with Crippen LogP contribution < -0.4 is 10.9 Å². The van der Waals surface area contributed by atoms with Gasteiger partial charge in [-0.3, -0.25) is 28.6 Å². The van der Waals surface area contributed by atoms with Crippen LogP contribution in [0.2, 0.25) is 0 Å². The van der Waals surface area contributed by atoms with Crippen LogP contribution in [-0.4, -0.2) is 39.2 Å². The molecule has 162 valence electrons. The molecule has 1 aliphatic rings. The van der Waals surface area contributed by atoms with E-state index in [1.165, 1.54) is 23.7 Å². The van der Waals surface area contributed by atoms with Crippen LogP contribution in [0.15, 0.2) is 71.5 Å². The summed E-state index contributed by atoms with van der Waals surface area (Å²) in [5.74, 6) is -0.608. The van der Waals surface area contributed by atoms with E-state index in [0.717, 1.165) is 4.90 Å². The summed E-state index contributed by atoms with van der Waals surface area (Å²) in [5.41, 5.74) is 2.40. The van der Waals surface area contributed by atoms with E-state index in [-0.39, 0.29) is 22.9 Å². The number of rotatable bonds is 3. The van der Waals surface area contributed by atoms with Gasteiger partial charge >= 0.3 is 0 Å². The number of aromatic nitrogens is 2. The highest BCUT2D eigenvalue weighted by atomic mass is 16.2. The molecule has 3 amide bonds. The summed E-state index contributed by atoms with van der Waals surface area (Å²) < 4.78 is 1.50. The molecule has 8 heteroatoms. The Kier molecular flexibility index (Phi) is 4.63. The minimum absolute atomic E-state index is 0.183. The number of anilines is 1. The Hall–Kier alpha value is -4.59. The van der Waals surface area contributed by atoms with Crippen molar-refractivity contribution in [2.24, 2.45) is 0 Å². The molecular weight excluding hydrogens is 420 g/mol. The third-order valence-corrected chi connectivity index (χ3v) is 5.68. The minimum Gasteiger partial charge on any atom is -0.322 e. The van der Waals surface area contributed by atoms with Gasteiger partial charge in [0.2, 0.25) is 0 Å². The standard InChI is InChI=1S/C25H18N4O4/c1-14-26-21-6-4-3-5-19(21)25(33)29(14)17-10-7-15(8-11-17)22(30)27-16-9-12-18-20(13-16)24(32)28(2)23(18)31/h3-13H,1-2H3,(H,27,30). The molecule has 0 unspecified atom stereocenters. The lowest BCUT2D eigenvalue weighted by atomic mass is 10.1. The van der Waals surface area contributed by atoms with Gasteiger partial charge in [-0.25, -0.2) is 4.98 Å². The highest BCUT2D eigenvalue weighted by molar-refractivity contribution is 6.21. The highest BCUT2D eigenvalue weighted by Crippen LogP contribution is 2.25. The number of para-hydroxylation sites is 1. The predicted molar refractivity (Wildman–Crippen MR) is 123 cm³/mol. The van der Waals surface area contributed by atoms with Crippen LogP contribution in [0.4, 0.5) is 5.69 Å². The second kappa shape index (κ2) is 7.52. The maximum absolute atomic E-state index is 13.0. The number of hydrogen-bond donors (Lipinski definition) is 1. The predicted octanol–water partition coefficient (Wildman–Crippen LogP) is 3.17. The Labute approximate surface area is 188 Å². The summed E-state index contributed by atoms with van der Waals surface area (Å²) in [6.07, 6.45) is 0. The normalized spacial score (nSPS) is 12.8. The highest BCUT2D eigenvalue weighted by Gasteiger charge is 2.32. The second-order valence-electron chi connectivity index (χ2n) is 7.75. The molecule has 5 rings (SSSR count). The number of amides is 3. The fraction of sp³-hybridized carbons (Fsp3) is 0.0800. The van der Waals surface area contributed by atoms with Crippen LogP contribution in [0.25, 0.3) is 16.6 Å². The monoisotopic (exact) mass is 438 g/mol. The van der Waals surface area contributed by atoms with Crippen LogP contribution in [0, 0.1) is 6.92 Å². The Morgan fingerprint density at radius 2 is 1.58 bits per heavy atom. The van der Waals surface area contributed by atoms with E-state index in [2.05, 4.69) is 10.3 Å². The SMILES string of the molecule is Cc1nc2ccccc2c(=O)n1-c1ccc(C(=O)Nc2ccc3c(c2)C(=O)N(C)C3=O)cc1. The molecule has 0 spiro atoms. The number of nitrogens with zero attached hydrogens (tertiary/aromatic N) is 3. The molecule has 2 heterocycles. The minimum atomic E-state index is -0.403. The van der Waals surface area contributed by atoms with E-state index in [1.807, 2.05) is 6.07 Å². The quantitative estimate of drug-likeness (QED) is 0.495. The Morgan fingerprint density at radius 3 is 2.33 bits per heavy atom. The molecular formula is C25H18N4O4. The molecule has 33 heavy (non-hydrogen) atoms. The summed E-state index contributed by atoms with van der Waals surface area (Å²) in [6.45, 7) is 1.76. The summed E-state index contributed by atoms with van der Waals surface area (Å²) in [5, 5.41) is 3.26. The molecule has 0 radical (unpaired) electrons. The van der Waals surface area contributed by atoms with Crippen molar-refractivity contribution in [3.8, 4) is 5.69 Å². The third-order valence-electron chi connectivity index (χ3n) is 5.68. The molecule has 0 saturated heterocycles. The van der Waals surface area contributed by atoms with E-state index in [0.29, 0.717) is 39.2 Å². The average Bonchev–Trinajstić information content (AvgIpc) is 3.03. The van der Waals surface area contributed by atoms with E-state index in [4.69, 9.17) is 0 Å². The van der Waals surface area contributed by atoms with Gasteiger partial charge < -0.3 is 5.32 Å². The molecule has 3 aromatic carbocycles. The molecule has 1 N–H and O–H groups in total. The van der Waals surface area contributed by atoms with Crippen LogP contribution in [0.3, 0.4) is 0 Å². The Balaban J connectivity index is 1.42. The van der Waals surface area contributed by atoms with Crippen molar-refractivity contribution >= 4 is 34.3 Å². The van der Waals surface area contributed by atoms with Crippen molar-refractivity contribution in [2.45, 2.75) is 6.92 Å². The Bertz CT molecular complexity index is 1540. The van der Waals surface area contributed by atoms with Gasteiger partial charge in [-0.05, 0) is 61.5 Å². The molecule has 0 aliphatic carbocycles. The number of benzene rings is 3. The van der Waals surface area contributed by atoms with Crippen LogP contribution in [0.5, 0.6) is 0 Å². The largest absolute Gasteiger partial charge is 0.322 e. The average molecular weight is 438 g/mol. The fourth-order valence-corrected chi connectivity index (χ4v) is 3.95. The number of carbonyl (C=O) groups excluding carboxylic acids is 3. The molecule has 0 saturated carbocycles. The summed E-state index contributed by atoms with van der Waals surface area (Å²) in [6, 6.07) is 18.3.